The molecule has 35 heavy (non-hydrogen) atoms. The van der Waals surface area contributed by atoms with Crippen molar-refractivity contribution in [1.29, 1.82) is 0 Å². The fraction of sp³-hybridized carbons (Fsp3) is 0.0769. The maximum Gasteiger partial charge on any atom is 0.323 e. The van der Waals surface area contributed by atoms with Gasteiger partial charge in [0.05, 0.1) is 22.0 Å². The first kappa shape index (κ1) is 22.4. The number of sulfonamides is 1. The zero-order valence-corrected chi connectivity index (χ0v) is 19.5. The average Bonchev–Trinajstić information content (AvgIpc) is 3.23. The van der Waals surface area contributed by atoms with Gasteiger partial charge in [-0.25, -0.2) is 13.2 Å². The van der Waals surface area contributed by atoms with Crippen molar-refractivity contribution >= 4 is 43.4 Å². The number of rotatable bonds is 6. The molecule has 5 aromatic rings. The fourth-order valence-electron chi connectivity index (χ4n) is 4.07. The van der Waals surface area contributed by atoms with Crippen molar-refractivity contribution < 1.29 is 13.2 Å². The summed E-state index contributed by atoms with van der Waals surface area (Å²) in [5.74, 6) is -0.262. The molecule has 4 N–H and O–H groups in total. The zero-order valence-electron chi connectivity index (χ0n) is 18.7. The van der Waals surface area contributed by atoms with Gasteiger partial charge in [-0.3, -0.25) is 9.52 Å². The van der Waals surface area contributed by atoms with E-state index in [4.69, 9.17) is 0 Å². The molecule has 0 radical (unpaired) electrons. The third-order valence-corrected chi connectivity index (χ3v) is 7.21. The normalized spacial score (nSPS) is 12.5. The second-order valence-corrected chi connectivity index (χ2v) is 9.92. The van der Waals surface area contributed by atoms with Crippen LogP contribution in [-0.4, -0.2) is 24.3 Å². The quantitative estimate of drug-likeness (QED) is 0.286. The van der Waals surface area contributed by atoms with E-state index in [1.165, 1.54) is 30.3 Å². The van der Waals surface area contributed by atoms with Crippen molar-refractivity contribution in [2.24, 2.45) is 0 Å². The Morgan fingerprint density at radius 3 is 2.37 bits per heavy atom. The topological polar surface area (TPSA) is 124 Å². The monoisotopic (exact) mass is 486 g/mol. The van der Waals surface area contributed by atoms with Crippen LogP contribution in [0.15, 0.2) is 94.6 Å². The minimum atomic E-state index is -3.89. The summed E-state index contributed by atoms with van der Waals surface area (Å²) in [6.45, 7) is 1.93. The first-order chi connectivity index (χ1) is 16.8. The summed E-state index contributed by atoms with van der Waals surface area (Å²) >= 11 is 0. The van der Waals surface area contributed by atoms with Crippen molar-refractivity contribution in [2.75, 3.05) is 4.72 Å². The van der Waals surface area contributed by atoms with Crippen LogP contribution in [0, 0.1) is 0 Å². The first-order valence-corrected chi connectivity index (χ1v) is 12.4. The minimum Gasteiger partial charge on any atom is -0.345 e. The Morgan fingerprint density at radius 2 is 1.57 bits per heavy atom. The standard InChI is InChI=1S/C26H22N4O4S/c1-16(21-8-4-6-17-5-2-3-7-22(17)21)27-25(31)18-9-11-19(12-10-18)30-35(33,34)20-13-14-23-24(15-20)29-26(32)28-23/h2-16,30H,1H3,(H,27,31)(H2,28,29,32). The maximum absolute atomic E-state index is 12.8. The average molecular weight is 487 g/mol. The summed E-state index contributed by atoms with van der Waals surface area (Å²) in [6, 6.07) is 24.3. The Bertz CT molecular complexity index is 1710. The summed E-state index contributed by atoms with van der Waals surface area (Å²) in [5.41, 5.74) is 2.23. The summed E-state index contributed by atoms with van der Waals surface area (Å²) in [6.07, 6.45) is 0. The number of hydrogen-bond acceptors (Lipinski definition) is 4. The predicted molar refractivity (Wildman–Crippen MR) is 136 cm³/mol. The Hall–Kier alpha value is -4.37. The van der Waals surface area contributed by atoms with E-state index in [1.54, 1.807) is 12.1 Å². The molecule has 1 atom stereocenters. The van der Waals surface area contributed by atoms with Crippen LogP contribution >= 0.6 is 0 Å². The van der Waals surface area contributed by atoms with E-state index in [0.717, 1.165) is 16.3 Å². The number of benzene rings is 4. The number of aromatic nitrogens is 2. The van der Waals surface area contributed by atoms with Crippen molar-refractivity contribution in [3.63, 3.8) is 0 Å². The molecular formula is C26H22N4O4S. The van der Waals surface area contributed by atoms with E-state index in [9.17, 15) is 18.0 Å². The maximum atomic E-state index is 12.8. The molecule has 9 heteroatoms. The molecule has 8 nitrogen and oxygen atoms in total. The van der Waals surface area contributed by atoms with Crippen LogP contribution in [0.2, 0.25) is 0 Å². The highest BCUT2D eigenvalue weighted by molar-refractivity contribution is 7.92. The fourth-order valence-corrected chi connectivity index (χ4v) is 5.15. The van der Waals surface area contributed by atoms with Crippen LogP contribution in [0.4, 0.5) is 5.69 Å². The van der Waals surface area contributed by atoms with Gasteiger partial charge in [0.15, 0.2) is 0 Å². The molecule has 1 heterocycles. The molecule has 0 spiro atoms. The predicted octanol–water partition coefficient (Wildman–Crippen LogP) is 4.30. The van der Waals surface area contributed by atoms with E-state index in [-0.39, 0.29) is 16.8 Å². The molecule has 5 rings (SSSR count). The molecule has 0 saturated carbocycles. The zero-order chi connectivity index (χ0) is 24.6. The molecule has 0 aliphatic heterocycles. The van der Waals surface area contributed by atoms with E-state index in [2.05, 4.69) is 20.0 Å². The van der Waals surface area contributed by atoms with Gasteiger partial charge in [0.1, 0.15) is 0 Å². The number of anilines is 1. The van der Waals surface area contributed by atoms with Crippen molar-refractivity contribution in [3.05, 3.63) is 107 Å². The van der Waals surface area contributed by atoms with Crippen LogP contribution in [0.25, 0.3) is 21.8 Å². The van der Waals surface area contributed by atoms with Crippen LogP contribution in [0.5, 0.6) is 0 Å². The highest BCUT2D eigenvalue weighted by Gasteiger charge is 2.17. The highest BCUT2D eigenvalue weighted by Crippen LogP contribution is 2.25. The summed E-state index contributed by atoms with van der Waals surface area (Å²) in [5, 5.41) is 5.19. The van der Waals surface area contributed by atoms with Crippen LogP contribution in [0.1, 0.15) is 28.9 Å². The van der Waals surface area contributed by atoms with E-state index in [1.807, 2.05) is 49.4 Å². The van der Waals surface area contributed by atoms with Gasteiger partial charge < -0.3 is 15.3 Å². The molecule has 0 aliphatic rings. The van der Waals surface area contributed by atoms with Crippen LogP contribution in [-0.2, 0) is 10.0 Å². The number of H-pyrrole nitrogens is 2. The number of imidazole rings is 1. The van der Waals surface area contributed by atoms with E-state index >= 15 is 0 Å². The third-order valence-electron chi connectivity index (χ3n) is 5.83. The minimum absolute atomic E-state index is 0.00554. The van der Waals surface area contributed by atoms with E-state index < -0.39 is 15.7 Å². The molecular weight excluding hydrogens is 464 g/mol. The number of carbonyl (C=O) groups is 1. The smallest absolute Gasteiger partial charge is 0.323 e. The van der Waals surface area contributed by atoms with Gasteiger partial charge in [0.2, 0.25) is 0 Å². The molecule has 1 unspecified atom stereocenters. The number of nitrogens with one attached hydrogen (secondary N) is 4. The molecule has 4 aromatic carbocycles. The summed E-state index contributed by atoms with van der Waals surface area (Å²) < 4.78 is 28.1. The number of hydrogen-bond donors (Lipinski definition) is 4. The number of amides is 1. The first-order valence-electron chi connectivity index (χ1n) is 10.9. The lowest BCUT2D eigenvalue weighted by Gasteiger charge is -2.17. The lowest BCUT2D eigenvalue weighted by Crippen LogP contribution is -2.26. The third kappa shape index (κ3) is 4.53. The van der Waals surface area contributed by atoms with Gasteiger partial charge in [-0.05, 0) is 65.7 Å². The molecule has 176 valence electrons. The summed E-state index contributed by atoms with van der Waals surface area (Å²) in [7, 11) is -3.89. The second-order valence-electron chi connectivity index (χ2n) is 8.23. The lowest BCUT2D eigenvalue weighted by atomic mass is 9.99. The Morgan fingerprint density at radius 1 is 0.857 bits per heavy atom. The molecule has 0 saturated heterocycles. The largest absolute Gasteiger partial charge is 0.345 e. The molecule has 0 aliphatic carbocycles. The second kappa shape index (κ2) is 8.77. The van der Waals surface area contributed by atoms with Gasteiger partial charge >= 0.3 is 5.69 Å². The SMILES string of the molecule is CC(NC(=O)c1ccc(NS(=O)(=O)c2ccc3[nH]c(=O)[nH]c3c2)cc1)c1cccc2ccccc12. The van der Waals surface area contributed by atoms with Crippen LogP contribution in [0.3, 0.4) is 0 Å². The van der Waals surface area contributed by atoms with Crippen molar-refractivity contribution in [3.8, 4) is 0 Å². The van der Waals surface area contributed by atoms with Gasteiger partial charge in [-0.2, -0.15) is 0 Å². The lowest BCUT2D eigenvalue weighted by molar-refractivity contribution is 0.0940. The van der Waals surface area contributed by atoms with Gasteiger partial charge in [-0.15, -0.1) is 0 Å². The highest BCUT2D eigenvalue weighted by atomic mass is 32.2. The van der Waals surface area contributed by atoms with E-state index in [0.29, 0.717) is 22.3 Å². The van der Waals surface area contributed by atoms with Gasteiger partial charge in [0, 0.05) is 11.3 Å². The Labute approximate surface area is 201 Å². The Balaban J connectivity index is 1.30. The number of aromatic amines is 2. The van der Waals surface area contributed by atoms with Gasteiger partial charge in [-0.1, -0.05) is 42.5 Å². The van der Waals surface area contributed by atoms with Crippen molar-refractivity contribution in [2.45, 2.75) is 17.9 Å². The summed E-state index contributed by atoms with van der Waals surface area (Å²) in [4.78, 5) is 29.4. The molecule has 0 bridgehead atoms. The number of fused-ring (bicyclic) bond motifs is 2. The number of carbonyl (C=O) groups excluding carboxylic acids is 1. The van der Waals surface area contributed by atoms with Gasteiger partial charge in [0.25, 0.3) is 15.9 Å². The molecule has 0 fully saturated rings. The van der Waals surface area contributed by atoms with Crippen LogP contribution < -0.4 is 15.7 Å². The molecule has 1 amide bonds. The Kier molecular flexibility index (Phi) is 5.62. The van der Waals surface area contributed by atoms with Crippen molar-refractivity contribution in [1.82, 2.24) is 15.3 Å². The molecule has 1 aromatic heterocycles.